The van der Waals surface area contributed by atoms with Crippen LogP contribution in [-0.4, -0.2) is 33.3 Å². The van der Waals surface area contributed by atoms with Crippen LogP contribution in [0, 0.1) is 0 Å². The van der Waals surface area contributed by atoms with Crippen LogP contribution in [0.2, 0.25) is 0 Å². The summed E-state index contributed by atoms with van der Waals surface area (Å²) in [5.41, 5.74) is 4.76. The highest BCUT2D eigenvalue weighted by molar-refractivity contribution is 5.57. The Morgan fingerprint density at radius 1 is 0.767 bits per heavy atom. The average molecular weight is 589 g/mol. The van der Waals surface area contributed by atoms with E-state index in [0.29, 0.717) is 0 Å². The van der Waals surface area contributed by atoms with E-state index in [1.807, 2.05) is 19.1 Å². The molecule has 240 valence electrons. The molecular weight excluding hydrogens is 524 g/mol. The summed E-state index contributed by atoms with van der Waals surface area (Å²) in [6.45, 7) is 19.4. The molecule has 0 aliphatic carbocycles. The van der Waals surface area contributed by atoms with Crippen molar-refractivity contribution in [3.05, 3.63) is 107 Å². The third-order valence-electron chi connectivity index (χ3n) is 6.86. The van der Waals surface area contributed by atoms with Gasteiger partial charge in [0.1, 0.15) is 5.76 Å². The lowest BCUT2D eigenvalue weighted by Crippen LogP contribution is -2.25. The van der Waals surface area contributed by atoms with Gasteiger partial charge in [0.15, 0.2) is 0 Å². The van der Waals surface area contributed by atoms with E-state index < -0.39 is 0 Å². The first-order valence-electron chi connectivity index (χ1n) is 16.9. The van der Waals surface area contributed by atoms with E-state index in [2.05, 4.69) is 131 Å². The lowest BCUT2D eigenvalue weighted by molar-refractivity contribution is 0.307. The largest absolute Gasteiger partial charge is 0.497 e. The van der Waals surface area contributed by atoms with E-state index in [1.54, 1.807) is 7.11 Å². The quantitative estimate of drug-likeness (QED) is 0.0878. The van der Waals surface area contributed by atoms with Gasteiger partial charge in [0.25, 0.3) is 0 Å². The lowest BCUT2D eigenvalue weighted by atomic mass is 10.1. The zero-order chi connectivity index (χ0) is 32.0. The van der Waals surface area contributed by atoms with Gasteiger partial charge in [-0.05, 0) is 80.6 Å². The molecule has 1 N–H and O–H groups in total. The molecule has 0 saturated heterocycles. The molecule has 1 rings (SSSR count). The Bertz CT molecular complexity index is 995. The number of allylic oxidation sites excluding steroid dienone is 11. The minimum absolute atomic E-state index is 0.809. The van der Waals surface area contributed by atoms with Crippen LogP contribution in [0.5, 0.6) is 0 Å². The molecule has 0 bridgehead atoms. The summed E-state index contributed by atoms with van der Waals surface area (Å²) in [4.78, 5) is 2.52. The summed E-state index contributed by atoms with van der Waals surface area (Å²) in [5, 5.41) is 3.44. The van der Waals surface area contributed by atoms with E-state index in [9.17, 15) is 0 Å². The SMILES string of the molecule is CCCC.C\C=C/C(/C=C/C(/C=C\CNCCCC)=C/C)=C\C(=C\C=C\c1ccc(N(CCCC)CCCC)cc1)OC. The van der Waals surface area contributed by atoms with Crippen molar-refractivity contribution in [2.24, 2.45) is 0 Å². The summed E-state index contributed by atoms with van der Waals surface area (Å²) in [6.07, 6.45) is 33.1. The van der Waals surface area contributed by atoms with Crippen molar-refractivity contribution in [2.45, 2.75) is 99.8 Å². The van der Waals surface area contributed by atoms with Gasteiger partial charge in [0.2, 0.25) is 0 Å². The van der Waals surface area contributed by atoms with Crippen LogP contribution < -0.4 is 10.2 Å². The molecule has 0 aliphatic rings. The van der Waals surface area contributed by atoms with Gasteiger partial charge in [0, 0.05) is 25.3 Å². The molecule has 0 fully saturated rings. The van der Waals surface area contributed by atoms with Crippen molar-refractivity contribution in [3.8, 4) is 0 Å². The van der Waals surface area contributed by atoms with E-state index in [-0.39, 0.29) is 0 Å². The maximum absolute atomic E-state index is 5.66. The molecule has 3 nitrogen and oxygen atoms in total. The number of hydrogen-bond acceptors (Lipinski definition) is 3. The molecule has 0 atom stereocenters. The molecule has 3 heteroatoms. The highest BCUT2D eigenvalue weighted by Crippen LogP contribution is 2.18. The number of methoxy groups -OCH3 is 1. The van der Waals surface area contributed by atoms with Crippen molar-refractivity contribution >= 4 is 11.8 Å². The molecule has 0 heterocycles. The fourth-order valence-electron chi connectivity index (χ4n) is 3.92. The number of nitrogens with zero attached hydrogens (tertiary/aromatic N) is 1. The fraction of sp³-hybridized carbons (Fsp3) is 0.500. The minimum Gasteiger partial charge on any atom is -0.497 e. The Kier molecular flexibility index (Phi) is 27.0. The van der Waals surface area contributed by atoms with Crippen molar-refractivity contribution < 1.29 is 4.74 Å². The number of ether oxygens (including phenoxy) is 1. The van der Waals surface area contributed by atoms with Gasteiger partial charge in [0.05, 0.1) is 7.11 Å². The van der Waals surface area contributed by atoms with E-state index in [4.69, 9.17) is 4.74 Å². The molecule has 0 aromatic heterocycles. The van der Waals surface area contributed by atoms with Gasteiger partial charge >= 0.3 is 0 Å². The smallest absolute Gasteiger partial charge is 0.119 e. The first-order valence-corrected chi connectivity index (χ1v) is 16.9. The monoisotopic (exact) mass is 589 g/mol. The molecule has 0 spiro atoms. The zero-order valence-corrected chi connectivity index (χ0v) is 29.0. The first-order chi connectivity index (χ1) is 21.0. The zero-order valence-electron chi connectivity index (χ0n) is 29.0. The van der Waals surface area contributed by atoms with Crippen molar-refractivity contribution in [1.29, 1.82) is 0 Å². The number of hydrogen-bond donors (Lipinski definition) is 1. The molecule has 0 radical (unpaired) electrons. The van der Waals surface area contributed by atoms with E-state index >= 15 is 0 Å². The molecule has 0 unspecified atom stereocenters. The number of nitrogens with one attached hydrogen (secondary N) is 1. The van der Waals surface area contributed by atoms with Crippen LogP contribution in [0.3, 0.4) is 0 Å². The third kappa shape index (κ3) is 21.3. The van der Waals surface area contributed by atoms with Crippen LogP contribution >= 0.6 is 0 Å². The summed E-state index contributed by atoms with van der Waals surface area (Å²) < 4.78 is 5.66. The van der Waals surface area contributed by atoms with Crippen LogP contribution in [0.1, 0.15) is 105 Å². The Hall–Kier alpha value is -3.04. The second-order valence-corrected chi connectivity index (χ2v) is 10.6. The van der Waals surface area contributed by atoms with Crippen LogP contribution in [0.15, 0.2) is 102 Å². The fourth-order valence-corrected chi connectivity index (χ4v) is 3.92. The molecule has 0 saturated carbocycles. The molecule has 1 aromatic rings. The summed E-state index contributed by atoms with van der Waals surface area (Å²) in [6, 6.07) is 8.89. The first kappa shape index (κ1) is 40.0. The van der Waals surface area contributed by atoms with Crippen LogP contribution in [0.4, 0.5) is 5.69 Å². The van der Waals surface area contributed by atoms with Crippen molar-refractivity contribution in [1.82, 2.24) is 5.32 Å². The maximum Gasteiger partial charge on any atom is 0.119 e. The summed E-state index contributed by atoms with van der Waals surface area (Å²) in [5.74, 6) is 0.809. The second-order valence-electron chi connectivity index (χ2n) is 10.6. The normalized spacial score (nSPS) is 13.0. The minimum atomic E-state index is 0.809. The molecular formula is C40H64N2O. The molecule has 1 aromatic carbocycles. The average Bonchev–Trinajstić information content (AvgIpc) is 3.04. The Labute approximate surface area is 266 Å². The van der Waals surface area contributed by atoms with Gasteiger partial charge in [-0.25, -0.2) is 0 Å². The molecule has 0 amide bonds. The second kappa shape index (κ2) is 29.1. The Morgan fingerprint density at radius 3 is 1.93 bits per heavy atom. The van der Waals surface area contributed by atoms with Crippen molar-refractivity contribution in [3.63, 3.8) is 0 Å². The molecule has 0 aliphatic heterocycles. The number of unbranched alkanes of at least 4 members (excludes halogenated alkanes) is 4. The van der Waals surface area contributed by atoms with Gasteiger partial charge in [-0.2, -0.15) is 0 Å². The topological polar surface area (TPSA) is 24.5 Å². The highest BCUT2D eigenvalue weighted by atomic mass is 16.5. The Balaban J connectivity index is 0.00000413. The van der Waals surface area contributed by atoms with E-state index in [1.165, 1.54) is 68.2 Å². The van der Waals surface area contributed by atoms with E-state index in [0.717, 1.165) is 37.5 Å². The molecule has 43 heavy (non-hydrogen) atoms. The number of rotatable bonds is 21. The summed E-state index contributed by atoms with van der Waals surface area (Å²) >= 11 is 0. The standard InChI is InChI=1S/C36H54N2O.C4H10/c1-7-12-27-37-28-16-19-32(11-5)21-22-34(17-10-4)31-36(39-6)20-15-18-33-23-25-35(26-24-33)38(29-13-8-2)30-14-9-3;1-3-4-2/h10-11,15-26,31,37H,7-9,12-14,27-30H2,1-6H3;3-4H2,1-2H3/b17-10-,18-15+,19-16-,22-21+,32-11+,34-31+,36-20-;. The van der Waals surface area contributed by atoms with Crippen LogP contribution in [-0.2, 0) is 4.74 Å². The predicted molar refractivity (Wildman–Crippen MR) is 196 cm³/mol. The van der Waals surface area contributed by atoms with Crippen LogP contribution in [0.25, 0.3) is 6.08 Å². The highest BCUT2D eigenvalue weighted by Gasteiger charge is 2.05. The maximum atomic E-state index is 5.66. The lowest BCUT2D eigenvalue weighted by Gasteiger charge is -2.24. The third-order valence-corrected chi connectivity index (χ3v) is 6.86. The van der Waals surface area contributed by atoms with Crippen molar-refractivity contribution in [2.75, 3.05) is 38.2 Å². The summed E-state index contributed by atoms with van der Waals surface area (Å²) in [7, 11) is 1.72. The number of anilines is 1. The van der Waals surface area contributed by atoms with Gasteiger partial charge in [-0.15, -0.1) is 0 Å². The van der Waals surface area contributed by atoms with Gasteiger partial charge in [-0.1, -0.05) is 134 Å². The van der Waals surface area contributed by atoms with Gasteiger partial charge in [-0.3, -0.25) is 0 Å². The number of benzene rings is 1. The predicted octanol–water partition coefficient (Wildman–Crippen LogP) is 11.4. The van der Waals surface area contributed by atoms with Gasteiger partial charge < -0.3 is 15.0 Å². The Morgan fingerprint density at radius 2 is 1.40 bits per heavy atom.